The standard InChI is InChI=1S/C14H14N2OS/c1-9-11(15)8-13(18-9)14(17)16-7-6-10-4-2-3-5-12(10)16/h2-5,8H,6-7,15H2,1H3. The number of fused-ring (bicyclic) bond motifs is 1. The van der Waals surface area contributed by atoms with E-state index in [9.17, 15) is 4.79 Å². The first-order valence-electron chi connectivity index (χ1n) is 5.92. The van der Waals surface area contributed by atoms with Crippen LogP contribution in [0.5, 0.6) is 0 Å². The number of nitrogens with two attached hydrogens (primary N) is 1. The van der Waals surface area contributed by atoms with E-state index in [0.717, 1.165) is 28.4 Å². The van der Waals surface area contributed by atoms with E-state index in [2.05, 4.69) is 6.07 Å². The van der Waals surface area contributed by atoms with Gasteiger partial charge in [-0.2, -0.15) is 0 Å². The number of carbonyl (C=O) groups excluding carboxylic acids is 1. The summed E-state index contributed by atoms with van der Waals surface area (Å²) in [6, 6.07) is 9.85. The van der Waals surface area contributed by atoms with Gasteiger partial charge in [-0.15, -0.1) is 11.3 Å². The molecule has 0 fully saturated rings. The van der Waals surface area contributed by atoms with Crippen molar-refractivity contribution in [2.75, 3.05) is 17.2 Å². The summed E-state index contributed by atoms with van der Waals surface area (Å²) in [6.07, 6.45) is 0.932. The average molecular weight is 258 g/mol. The van der Waals surface area contributed by atoms with Crippen molar-refractivity contribution < 1.29 is 4.79 Å². The predicted octanol–water partition coefficient (Wildman–Crippen LogP) is 2.84. The molecule has 0 aliphatic carbocycles. The lowest BCUT2D eigenvalue weighted by Crippen LogP contribution is -2.28. The summed E-state index contributed by atoms with van der Waals surface area (Å²) in [7, 11) is 0. The number of hydrogen-bond donors (Lipinski definition) is 1. The van der Waals surface area contributed by atoms with Crippen molar-refractivity contribution >= 4 is 28.6 Å². The first-order valence-corrected chi connectivity index (χ1v) is 6.74. The van der Waals surface area contributed by atoms with E-state index in [4.69, 9.17) is 5.73 Å². The molecule has 0 atom stereocenters. The number of amides is 1. The number of hydrogen-bond acceptors (Lipinski definition) is 3. The fourth-order valence-corrected chi connectivity index (χ4v) is 3.17. The topological polar surface area (TPSA) is 46.3 Å². The van der Waals surface area contributed by atoms with Crippen LogP contribution in [0.15, 0.2) is 30.3 Å². The molecule has 0 radical (unpaired) electrons. The van der Waals surface area contributed by atoms with Crippen molar-refractivity contribution in [3.63, 3.8) is 0 Å². The Bertz CT molecular complexity index is 599. The van der Waals surface area contributed by atoms with Crippen LogP contribution >= 0.6 is 11.3 Å². The number of nitrogen functional groups attached to an aromatic ring is 1. The number of thiophene rings is 1. The highest BCUT2D eigenvalue weighted by molar-refractivity contribution is 7.14. The van der Waals surface area contributed by atoms with Gasteiger partial charge in [0.1, 0.15) is 0 Å². The van der Waals surface area contributed by atoms with Gasteiger partial charge in [0.25, 0.3) is 5.91 Å². The number of anilines is 2. The smallest absolute Gasteiger partial charge is 0.268 e. The van der Waals surface area contributed by atoms with Crippen LogP contribution in [0.25, 0.3) is 0 Å². The number of rotatable bonds is 1. The van der Waals surface area contributed by atoms with Crippen molar-refractivity contribution in [3.8, 4) is 0 Å². The van der Waals surface area contributed by atoms with Gasteiger partial charge in [-0.05, 0) is 31.0 Å². The SMILES string of the molecule is Cc1sc(C(=O)N2CCc3ccccc32)cc1N. The molecular formula is C14H14N2OS. The molecule has 18 heavy (non-hydrogen) atoms. The highest BCUT2D eigenvalue weighted by Gasteiger charge is 2.26. The molecule has 0 bridgehead atoms. The van der Waals surface area contributed by atoms with Gasteiger partial charge in [-0.3, -0.25) is 4.79 Å². The molecule has 0 spiro atoms. The second-order valence-electron chi connectivity index (χ2n) is 4.46. The van der Waals surface area contributed by atoms with E-state index >= 15 is 0 Å². The zero-order chi connectivity index (χ0) is 12.7. The molecule has 2 N–H and O–H groups in total. The van der Waals surface area contributed by atoms with Crippen LogP contribution in [0.2, 0.25) is 0 Å². The third-order valence-electron chi connectivity index (χ3n) is 3.30. The van der Waals surface area contributed by atoms with E-state index in [1.165, 1.54) is 16.9 Å². The number of carbonyl (C=O) groups is 1. The molecule has 2 heterocycles. The van der Waals surface area contributed by atoms with Crippen LogP contribution in [0.4, 0.5) is 11.4 Å². The van der Waals surface area contributed by atoms with Crippen molar-refractivity contribution in [3.05, 3.63) is 45.6 Å². The zero-order valence-electron chi connectivity index (χ0n) is 10.1. The fourth-order valence-electron chi connectivity index (χ4n) is 2.28. The van der Waals surface area contributed by atoms with Crippen molar-refractivity contribution in [2.45, 2.75) is 13.3 Å². The predicted molar refractivity (Wildman–Crippen MR) is 75.3 cm³/mol. The normalized spacial score (nSPS) is 13.7. The quantitative estimate of drug-likeness (QED) is 0.855. The number of aryl methyl sites for hydroxylation is 1. The summed E-state index contributed by atoms with van der Waals surface area (Å²) < 4.78 is 0. The van der Waals surface area contributed by atoms with Gasteiger partial charge in [-0.25, -0.2) is 0 Å². The summed E-state index contributed by atoms with van der Waals surface area (Å²) in [5, 5.41) is 0. The Kier molecular flexibility index (Phi) is 2.59. The minimum Gasteiger partial charge on any atom is -0.398 e. The monoisotopic (exact) mass is 258 g/mol. The van der Waals surface area contributed by atoms with Crippen molar-refractivity contribution in [2.24, 2.45) is 0 Å². The van der Waals surface area contributed by atoms with Crippen LogP contribution in [0, 0.1) is 6.92 Å². The maximum Gasteiger partial charge on any atom is 0.268 e. The lowest BCUT2D eigenvalue weighted by atomic mass is 10.2. The van der Waals surface area contributed by atoms with Crippen molar-refractivity contribution in [1.29, 1.82) is 0 Å². The molecular weight excluding hydrogens is 244 g/mol. The van der Waals surface area contributed by atoms with Gasteiger partial charge in [0.2, 0.25) is 0 Å². The minimum absolute atomic E-state index is 0.0600. The molecule has 1 aliphatic rings. The molecule has 0 unspecified atom stereocenters. The van der Waals surface area contributed by atoms with E-state index in [-0.39, 0.29) is 5.91 Å². The van der Waals surface area contributed by atoms with E-state index in [1.54, 1.807) is 6.07 Å². The van der Waals surface area contributed by atoms with Crippen LogP contribution in [-0.2, 0) is 6.42 Å². The van der Waals surface area contributed by atoms with E-state index < -0.39 is 0 Å². The van der Waals surface area contributed by atoms with Crippen LogP contribution in [0.1, 0.15) is 20.1 Å². The molecule has 4 heteroatoms. The summed E-state index contributed by atoms with van der Waals surface area (Å²) in [5.74, 6) is 0.0600. The second-order valence-corrected chi connectivity index (χ2v) is 5.71. The third-order valence-corrected chi connectivity index (χ3v) is 4.35. The Hall–Kier alpha value is -1.81. The molecule has 2 aromatic rings. The highest BCUT2D eigenvalue weighted by atomic mass is 32.1. The number of nitrogens with zero attached hydrogens (tertiary/aromatic N) is 1. The average Bonchev–Trinajstić information content (AvgIpc) is 2.93. The lowest BCUT2D eigenvalue weighted by molar-refractivity contribution is 0.0993. The molecule has 1 aliphatic heterocycles. The Morgan fingerprint density at radius 3 is 2.89 bits per heavy atom. The molecule has 1 aromatic heterocycles. The minimum atomic E-state index is 0.0600. The van der Waals surface area contributed by atoms with Crippen molar-refractivity contribution in [1.82, 2.24) is 0 Å². The Morgan fingerprint density at radius 2 is 2.17 bits per heavy atom. The highest BCUT2D eigenvalue weighted by Crippen LogP contribution is 2.31. The Balaban J connectivity index is 1.95. The largest absolute Gasteiger partial charge is 0.398 e. The van der Waals surface area contributed by atoms with Gasteiger partial charge < -0.3 is 10.6 Å². The molecule has 0 saturated carbocycles. The zero-order valence-corrected chi connectivity index (χ0v) is 11.0. The second kappa shape index (κ2) is 4.14. The molecule has 92 valence electrons. The lowest BCUT2D eigenvalue weighted by Gasteiger charge is -2.15. The van der Waals surface area contributed by atoms with Gasteiger partial charge in [0.05, 0.1) is 4.88 Å². The first kappa shape index (κ1) is 11.3. The van der Waals surface area contributed by atoms with Gasteiger partial charge in [0, 0.05) is 22.8 Å². The summed E-state index contributed by atoms with van der Waals surface area (Å²) >= 11 is 1.47. The summed E-state index contributed by atoms with van der Waals surface area (Å²) in [6.45, 7) is 2.70. The van der Waals surface area contributed by atoms with Crippen LogP contribution in [0.3, 0.4) is 0 Å². The third kappa shape index (κ3) is 1.69. The molecule has 0 saturated heterocycles. The summed E-state index contributed by atoms with van der Waals surface area (Å²) in [4.78, 5) is 16.0. The Morgan fingerprint density at radius 1 is 1.39 bits per heavy atom. The molecule has 3 rings (SSSR count). The fraction of sp³-hybridized carbons (Fsp3) is 0.214. The molecule has 1 amide bonds. The maximum absolute atomic E-state index is 12.5. The first-order chi connectivity index (χ1) is 8.66. The maximum atomic E-state index is 12.5. The van der Waals surface area contributed by atoms with Gasteiger partial charge in [0.15, 0.2) is 0 Å². The Labute approximate surface area is 110 Å². The molecule has 1 aromatic carbocycles. The van der Waals surface area contributed by atoms with E-state index in [1.807, 2.05) is 30.0 Å². The van der Waals surface area contributed by atoms with Gasteiger partial charge in [-0.1, -0.05) is 18.2 Å². The number of para-hydroxylation sites is 1. The number of benzene rings is 1. The van der Waals surface area contributed by atoms with E-state index in [0.29, 0.717) is 5.69 Å². The van der Waals surface area contributed by atoms with Crippen LogP contribution < -0.4 is 10.6 Å². The van der Waals surface area contributed by atoms with Crippen LogP contribution in [-0.4, -0.2) is 12.5 Å². The summed E-state index contributed by atoms with van der Waals surface area (Å²) in [5.41, 5.74) is 8.79. The van der Waals surface area contributed by atoms with Gasteiger partial charge >= 0.3 is 0 Å². The molecule has 3 nitrogen and oxygen atoms in total.